The summed E-state index contributed by atoms with van der Waals surface area (Å²) in [4.78, 5) is 24.7. The molecule has 0 fully saturated rings. The van der Waals surface area contributed by atoms with Gasteiger partial charge in [0.1, 0.15) is 5.00 Å². The van der Waals surface area contributed by atoms with Crippen molar-refractivity contribution in [2.45, 2.75) is 52.4 Å². The molecule has 0 amide bonds. The third kappa shape index (κ3) is 5.14. The predicted molar refractivity (Wildman–Crippen MR) is 124 cm³/mol. The van der Waals surface area contributed by atoms with Gasteiger partial charge in [0.2, 0.25) is 0 Å². The van der Waals surface area contributed by atoms with Crippen LogP contribution in [-0.4, -0.2) is 22.6 Å². The first-order chi connectivity index (χ1) is 14.4. The van der Waals surface area contributed by atoms with Crippen LogP contribution in [0.4, 0.5) is 16.4 Å². The number of anilines is 2. The average molecular weight is 448 g/mol. The molecule has 30 heavy (non-hydrogen) atoms. The third-order valence-corrected chi connectivity index (χ3v) is 6.45. The van der Waals surface area contributed by atoms with Gasteiger partial charge in [-0.3, -0.25) is 10.1 Å². The van der Waals surface area contributed by atoms with Gasteiger partial charge < -0.3 is 15.4 Å². The Bertz CT molecular complexity index is 971. The molecule has 2 aromatic rings. The molecule has 1 aromatic carbocycles. The Balaban J connectivity index is 1.85. The Morgan fingerprint density at radius 3 is 2.67 bits per heavy atom. The summed E-state index contributed by atoms with van der Waals surface area (Å²) < 4.78 is 5.31. The van der Waals surface area contributed by atoms with E-state index >= 15 is 0 Å². The summed E-state index contributed by atoms with van der Waals surface area (Å²) in [5, 5.41) is 18.2. The molecule has 3 rings (SSSR count). The van der Waals surface area contributed by atoms with Crippen molar-refractivity contribution < 1.29 is 14.5 Å². The van der Waals surface area contributed by atoms with Gasteiger partial charge >= 0.3 is 5.97 Å². The van der Waals surface area contributed by atoms with E-state index in [0.29, 0.717) is 28.4 Å². The minimum absolute atomic E-state index is 0.0223. The van der Waals surface area contributed by atoms with Crippen LogP contribution in [0.5, 0.6) is 0 Å². The first-order valence-corrected chi connectivity index (χ1v) is 11.3. The maximum Gasteiger partial charge on any atom is 0.341 e. The number of nitrogens with one attached hydrogen (secondary N) is 2. The second kappa shape index (κ2) is 9.99. The van der Waals surface area contributed by atoms with E-state index in [-0.39, 0.29) is 16.8 Å². The number of nitrogens with zero attached hydrogens (tertiary/aromatic N) is 1. The highest BCUT2D eigenvalue weighted by Gasteiger charge is 2.25. The molecule has 0 atom stereocenters. The fourth-order valence-electron chi connectivity index (χ4n) is 3.58. The zero-order valence-electron chi connectivity index (χ0n) is 17.1. The number of hydrogen-bond acceptors (Lipinski definition) is 6. The zero-order chi connectivity index (χ0) is 21.7. The van der Waals surface area contributed by atoms with E-state index in [2.05, 4.69) is 10.6 Å². The highest BCUT2D eigenvalue weighted by molar-refractivity contribution is 7.80. The van der Waals surface area contributed by atoms with E-state index < -0.39 is 4.92 Å². The normalized spacial score (nSPS) is 13.5. The highest BCUT2D eigenvalue weighted by atomic mass is 32.1. The molecule has 0 saturated heterocycles. The van der Waals surface area contributed by atoms with Gasteiger partial charge in [0, 0.05) is 22.2 Å². The van der Waals surface area contributed by atoms with Crippen LogP contribution in [0.15, 0.2) is 18.2 Å². The summed E-state index contributed by atoms with van der Waals surface area (Å²) in [6, 6.07) is 4.85. The van der Waals surface area contributed by atoms with Gasteiger partial charge in [-0.25, -0.2) is 4.79 Å². The Labute approximate surface area is 185 Å². The molecule has 160 valence electrons. The van der Waals surface area contributed by atoms with Crippen LogP contribution in [0.1, 0.15) is 59.0 Å². The van der Waals surface area contributed by atoms with Crippen LogP contribution < -0.4 is 10.6 Å². The molecular weight excluding hydrogens is 422 g/mol. The molecule has 1 aliphatic rings. The number of rotatable bonds is 5. The van der Waals surface area contributed by atoms with E-state index in [1.165, 1.54) is 17.4 Å². The molecule has 1 aliphatic carbocycles. The second-order valence-corrected chi connectivity index (χ2v) is 8.69. The van der Waals surface area contributed by atoms with E-state index in [9.17, 15) is 14.9 Å². The van der Waals surface area contributed by atoms with Crippen molar-refractivity contribution in [3.63, 3.8) is 0 Å². The van der Waals surface area contributed by atoms with Crippen LogP contribution in [0, 0.1) is 17.0 Å². The first-order valence-electron chi connectivity index (χ1n) is 10.1. The van der Waals surface area contributed by atoms with Crippen LogP contribution in [-0.2, 0) is 17.6 Å². The number of hydrogen-bond donors (Lipinski definition) is 2. The predicted octanol–water partition coefficient (Wildman–Crippen LogP) is 5.61. The fraction of sp³-hybridized carbons (Fsp3) is 0.429. The molecule has 0 saturated carbocycles. The molecule has 0 bridgehead atoms. The molecule has 0 radical (unpaired) electrons. The van der Waals surface area contributed by atoms with Gasteiger partial charge in [0.25, 0.3) is 5.69 Å². The van der Waals surface area contributed by atoms with Crippen molar-refractivity contribution in [2.75, 3.05) is 17.2 Å². The number of fused-ring (bicyclic) bond motifs is 1. The second-order valence-electron chi connectivity index (χ2n) is 7.18. The summed E-state index contributed by atoms with van der Waals surface area (Å²) in [6.45, 7) is 3.78. The average Bonchev–Trinajstić information content (AvgIpc) is 2.99. The van der Waals surface area contributed by atoms with Crippen LogP contribution >= 0.6 is 23.6 Å². The molecule has 1 aromatic heterocycles. The molecule has 0 spiro atoms. The lowest BCUT2D eigenvalue weighted by Gasteiger charge is -2.13. The van der Waals surface area contributed by atoms with Crippen LogP contribution in [0.2, 0.25) is 0 Å². The van der Waals surface area contributed by atoms with E-state index in [1.807, 2.05) is 0 Å². The summed E-state index contributed by atoms with van der Waals surface area (Å²) in [7, 11) is 0. The molecule has 2 N–H and O–H groups in total. The number of nitro benzene ring substituents is 1. The van der Waals surface area contributed by atoms with E-state index in [1.54, 1.807) is 37.3 Å². The maximum atomic E-state index is 12.7. The van der Waals surface area contributed by atoms with Crippen molar-refractivity contribution in [1.82, 2.24) is 0 Å². The van der Waals surface area contributed by atoms with Gasteiger partial charge in [0.05, 0.1) is 17.1 Å². The molecule has 9 heteroatoms. The summed E-state index contributed by atoms with van der Waals surface area (Å²) in [6.07, 6.45) is 6.30. The SMILES string of the molecule is CCOC(=O)c1c(NC(=S)Nc2ccc(C)c([N+](=O)[O-])c2)sc2c1CCCCCC2. The Kier molecular flexibility index (Phi) is 7.38. The van der Waals surface area contributed by atoms with Gasteiger partial charge in [-0.15, -0.1) is 11.3 Å². The third-order valence-electron chi connectivity index (χ3n) is 5.04. The van der Waals surface area contributed by atoms with Crippen molar-refractivity contribution in [1.29, 1.82) is 0 Å². The van der Waals surface area contributed by atoms with Crippen LogP contribution in [0.25, 0.3) is 0 Å². The van der Waals surface area contributed by atoms with Gasteiger partial charge in [0.15, 0.2) is 5.11 Å². The molecular formula is C21H25N3O4S2. The number of aryl methyl sites for hydroxylation is 2. The molecule has 1 heterocycles. The highest BCUT2D eigenvalue weighted by Crippen LogP contribution is 2.37. The summed E-state index contributed by atoms with van der Waals surface area (Å²) in [5.74, 6) is -0.341. The first kappa shape index (κ1) is 22.2. The quantitative estimate of drug-likeness (QED) is 0.266. The minimum Gasteiger partial charge on any atom is -0.462 e. The topological polar surface area (TPSA) is 93.5 Å². The largest absolute Gasteiger partial charge is 0.462 e. The summed E-state index contributed by atoms with van der Waals surface area (Å²) >= 11 is 6.97. The number of carbonyl (C=O) groups is 1. The Morgan fingerprint density at radius 2 is 1.97 bits per heavy atom. The van der Waals surface area contributed by atoms with Gasteiger partial charge in [-0.1, -0.05) is 18.9 Å². The molecule has 0 unspecified atom stereocenters. The van der Waals surface area contributed by atoms with Crippen molar-refractivity contribution >= 4 is 51.0 Å². The van der Waals surface area contributed by atoms with Crippen LogP contribution in [0.3, 0.4) is 0 Å². The van der Waals surface area contributed by atoms with Crippen molar-refractivity contribution in [2.24, 2.45) is 0 Å². The van der Waals surface area contributed by atoms with Gasteiger partial charge in [-0.05, 0) is 63.4 Å². The summed E-state index contributed by atoms with van der Waals surface area (Å²) in [5.41, 5.74) is 2.74. The number of carbonyl (C=O) groups excluding carboxylic acids is 1. The number of thiophene rings is 1. The minimum atomic E-state index is -0.421. The number of ether oxygens (including phenoxy) is 1. The lowest BCUT2D eigenvalue weighted by molar-refractivity contribution is -0.385. The number of nitro groups is 1. The van der Waals surface area contributed by atoms with Crippen molar-refractivity contribution in [3.05, 3.63) is 49.9 Å². The maximum absolute atomic E-state index is 12.7. The Hall–Kier alpha value is -2.52. The fourth-order valence-corrected chi connectivity index (χ4v) is 5.14. The Morgan fingerprint density at radius 1 is 1.23 bits per heavy atom. The number of esters is 1. The lowest BCUT2D eigenvalue weighted by atomic mass is 9.96. The smallest absolute Gasteiger partial charge is 0.341 e. The lowest BCUT2D eigenvalue weighted by Crippen LogP contribution is -2.20. The monoisotopic (exact) mass is 447 g/mol. The van der Waals surface area contributed by atoms with Crippen molar-refractivity contribution in [3.8, 4) is 0 Å². The standard InChI is InChI=1S/C21H25N3O4S2/c1-3-28-20(25)18-15-8-6-4-5-7-9-17(15)30-19(18)23-21(29)22-14-11-10-13(2)16(12-14)24(26)27/h10-12H,3-9H2,1-2H3,(H2,22,23,29). The number of thiocarbonyl (C=S) groups is 1. The molecule has 0 aliphatic heterocycles. The van der Waals surface area contributed by atoms with E-state index in [0.717, 1.165) is 37.7 Å². The number of benzene rings is 1. The zero-order valence-corrected chi connectivity index (χ0v) is 18.7. The molecule has 7 nitrogen and oxygen atoms in total. The van der Waals surface area contributed by atoms with Gasteiger partial charge in [-0.2, -0.15) is 0 Å². The van der Waals surface area contributed by atoms with E-state index in [4.69, 9.17) is 17.0 Å².